The van der Waals surface area contributed by atoms with Crippen LogP contribution < -0.4 is 10.2 Å². The Hall–Kier alpha value is -1.97. The molecular weight excluding hydrogens is 420 g/mol. The van der Waals surface area contributed by atoms with Crippen LogP contribution >= 0.6 is 11.3 Å². The Kier molecular flexibility index (Phi) is 7.85. The quantitative estimate of drug-likeness (QED) is 0.580. The Morgan fingerprint density at radius 1 is 1.27 bits per heavy atom. The number of urea groups is 1. The first-order valence-electron chi connectivity index (χ1n) is 10.3. The highest BCUT2D eigenvalue weighted by Gasteiger charge is 2.27. The minimum absolute atomic E-state index is 0.150. The summed E-state index contributed by atoms with van der Waals surface area (Å²) in [6, 6.07) is 8.28. The summed E-state index contributed by atoms with van der Waals surface area (Å²) in [7, 11) is 1.45. The Labute approximate surface area is 184 Å². The van der Waals surface area contributed by atoms with Gasteiger partial charge in [-0.25, -0.2) is 18.3 Å². The summed E-state index contributed by atoms with van der Waals surface area (Å²) < 4.78 is 22.0. The highest BCUT2D eigenvalue weighted by Crippen LogP contribution is 2.33. The van der Waals surface area contributed by atoms with Crippen LogP contribution in [-0.4, -0.2) is 50.3 Å². The van der Waals surface area contributed by atoms with Crippen molar-refractivity contribution in [3.63, 3.8) is 0 Å². The number of nitrogens with one attached hydrogen (secondary N) is 1. The number of nitrogens with zero attached hydrogens (tertiary/aromatic N) is 3. The molecular formula is C21H30N4O3S2. The number of rotatable bonds is 8. The van der Waals surface area contributed by atoms with Crippen LogP contribution in [0.4, 0.5) is 9.93 Å². The molecule has 0 aliphatic heterocycles. The lowest BCUT2D eigenvalue weighted by Gasteiger charge is -2.30. The van der Waals surface area contributed by atoms with Crippen LogP contribution in [0.2, 0.25) is 0 Å². The van der Waals surface area contributed by atoms with Crippen molar-refractivity contribution in [3.8, 4) is 11.3 Å². The molecule has 30 heavy (non-hydrogen) atoms. The molecule has 2 N–H and O–H groups in total. The van der Waals surface area contributed by atoms with Crippen LogP contribution in [0.25, 0.3) is 11.3 Å². The van der Waals surface area contributed by atoms with Crippen molar-refractivity contribution in [1.29, 1.82) is 0 Å². The predicted molar refractivity (Wildman–Crippen MR) is 123 cm³/mol. The molecule has 9 heteroatoms. The second-order valence-electron chi connectivity index (χ2n) is 7.81. The number of thiazole rings is 1. The van der Waals surface area contributed by atoms with Gasteiger partial charge < -0.3 is 10.2 Å². The van der Waals surface area contributed by atoms with Crippen molar-refractivity contribution in [1.82, 2.24) is 14.6 Å². The zero-order valence-corrected chi connectivity index (χ0v) is 19.3. The lowest BCUT2D eigenvalue weighted by molar-refractivity contribution is 0.225. The van der Waals surface area contributed by atoms with Crippen molar-refractivity contribution < 1.29 is 13.6 Å². The molecule has 1 atom stereocenters. The van der Waals surface area contributed by atoms with Gasteiger partial charge in [0.25, 0.3) is 11.3 Å². The van der Waals surface area contributed by atoms with Gasteiger partial charge in [-0.15, -0.1) is 11.3 Å². The van der Waals surface area contributed by atoms with E-state index in [0.717, 1.165) is 33.5 Å². The Bertz CT molecular complexity index is 863. The van der Waals surface area contributed by atoms with E-state index in [1.165, 1.54) is 25.5 Å². The molecule has 1 fully saturated rings. The highest BCUT2D eigenvalue weighted by molar-refractivity contribution is 7.77. The lowest BCUT2D eigenvalue weighted by Crippen LogP contribution is -2.45. The molecule has 1 aliphatic rings. The number of carbonyl (C=O) groups excluding carboxylic acids is 1. The van der Waals surface area contributed by atoms with E-state index in [9.17, 15) is 13.6 Å². The fraction of sp³-hybridized carbons (Fsp3) is 0.524. The van der Waals surface area contributed by atoms with Crippen molar-refractivity contribution in [2.75, 3.05) is 25.0 Å². The van der Waals surface area contributed by atoms with Gasteiger partial charge in [-0.1, -0.05) is 51.0 Å². The maximum absolute atomic E-state index is 11.9. The van der Waals surface area contributed by atoms with Gasteiger partial charge in [0.05, 0.1) is 12.2 Å². The largest absolute Gasteiger partial charge is 0.343 e. The maximum Gasteiger partial charge on any atom is 0.330 e. The predicted octanol–water partition coefficient (Wildman–Crippen LogP) is 4.46. The number of amides is 2. The third kappa shape index (κ3) is 5.39. The second-order valence-corrected chi connectivity index (χ2v) is 9.55. The molecule has 2 amide bonds. The number of hydrogen-bond donors (Lipinski definition) is 2. The molecule has 2 aromatic rings. The SMILES string of the molecule is CNC(=O)N(CCN(c1nc(-c2ccc(C(C)C)cc2)cs1)C1CCCC1)S(=O)O. The van der Waals surface area contributed by atoms with Gasteiger partial charge in [0, 0.05) is 30.6 Å². The summed E-state index contributed by atoms with van der Waals surface area (Å²) >= 11 is -0.779. The highest BCUT2D eigenvalue weighted by atomic mass is 32.2. The average Bonchev–Trinajstić information content (AvgIpc) is 3.43. The Morgan fingerprint density at radius 2 is 1.93 bits per heavy atom. The number of benzene rings is 1. The van der Waals surface area contributed by atoms with E-state index < -0.39 is 17.3 Å². The van der Waals surface area contributed by atoms with E-state index in [-0.39, 0.29) is 6.54 Å². The standard InChI is InChI=1S/C21H30N4O3S2/c1-15(2)16-8-10-17(11-9-16)19-14-29-21(23-19)24(18-6-4-5-7-18)12-13-25(30(27)28)20(26)22-3/h8-11,14-15,18H,4-7,12-13H2,1-3H3,(H,22,26)(H,27,28). The van der Waals surface area contributed by atoms with Crippen LogP contribution in [0, 0.1) is 0 Å². The van der Waals surface area contributed by atoms with E-state index in [0.29, 0.717) is 18.5 Å². The van der Waals surface area contributed by atoms with Gasteiger partial charge >= 0.3 is 6.03 Å². The van der Waals surface area contributed by atoms with Gasteiger partial charge in [0.2, 0.25) is 0 Å². The van der Waals surface area contributed by atoms with E-state index in [1.54, 1.807) is 11.3 Å². The molecule has 0 saturated heterocycles. The normalized spacial score (nSPS) is 15.4. The van der Waals surface area contributed by atoms with Crippen LogP contribution in [0.15, 0.2) is 29.6 Å². The molecule has 3 rings (SSSR count). The number of aromatic nitrogens is 1. The minimum Gasteiger partial charge on any atom is -0.343 e. The van der Waals surface area contributed by atoms with Crippen molar-refractivity contribution in [3.05, 3.63) is 35.2 Å². The zero-order valence-electron chi connectivity index (χ0n) is 17.7. The van der Waals surface area contributed by atoms with Gasteiger partial charge in [0.1, 0.15) is 0 Å². The van der Waals surface area contributed by atoms with Crippen LogP contribution in [0.5, 0.6) is 0 Å². The molecule has 1 unspecified atom stereocenters. The van der Waals surface area contributed by atoms with Crippen molar-refractivity contribution >= 4 is 33.8 Å². The maximum atomic E-state index is 11.9. The molecule has 1 aliphatic carbocycles. The molecule has 1 aromatic heterocycles. The van der Waals surface area contributed by atoms with E-state index in [4.69, 9.17) is 4.98 Å². The first-order chi connectivity index (χ1) is 14.4. The summed E-state index contributed by atoms with van der Waals surface area (Å²) in [4.78, 5) is 19.0. The first-order valence-corrected chi connectivity index (χ1v) is 12.3. The molecule has 1 saturated carbocycles. The summed E-state index contributed by atoms with van der Waals surface area (Å²) in [5.74, 6) is 0.489. The van der Waals surface area contributed by atoms with Gasteiger partial charge in [-0.2, -0.15) is 0 Å². The van der Waals surface area contributed by atoms with Crippen molar-refractivity contribution in [2.24, 2.45) is 0 Å². The molecule has 1 aromatic carbocycles. The molecule has 7 nitrogen and oxygen atoms in total. The molecule has 164 valence electrons. The summed E-state index contributed by atoms with van der Waals surface area (Å²) in [5.41, 5.74) is 3.31. The van der Waals surface area contributed by atoms with Crippen molar-refractivity contribution in [2.45, 2.75) is 51.5 Å². The van der Waals surface area contributed by atoms with Crippen LogP contribution in [0.1, 0.15) is 51.0 Å². The summed E-state index contributed by atoms with van der Waals surface area (Å²) in [6.45, 7) is 4.97. The van der Waals surface area contributed by atoms with E-state index in [1.807, 2.05) is 0 Å². The summed E-state index contributed by atoms with van der Waals surface area (Å²) in [5, 5.41) is 5.37. The van der Waals surface area contributed by atoms with Gasteiger partial charge in [-0.05, 0) is 24.3 Å². The Morgan fingerprint density at radius 3 is 2.50 bits per heavy atom. The molecule has 0 spiro atoms. The second kappa shape index (κ2) is 10.4. The fourth-order valence-electron chi connectivity index (χ4n) is 3.79. The first kappa shape index (κ1) is 22.7. The van der Waals surface area contributed by atoms with Crippen LogP contribution in [-0.2, 0) is 11.3 Å². The van der Waals surface area contributed by atoms with E-state index >= 15 is 0 Å². The smallest absolute Gasteiger partial charge is 0.330 e. The minimum atomic E-state index is -2.36. The Balaban J connectivity index is 1.79. The number of hydrogen-bond acceptors (Lipinski definition) is 5. The fourth-order valence-corrected chi connectivity index (χ4v) is 5.20. The molecule has 1 heterocycles. The third-order valence-corrected chi connectivity index (χ3v) is 7.15. The summed E-state index contributed by atoms with van der Waals surface area (Å²) in [6.07, 6.45) is 4.47. The topological polar surface area (TPSA) is 85.8 Å². The number of carbonyl (C=O) groups is 1. The molecule has 0 bridgehead atoms. The monoisotopic (exact) mass is 450 g/mol. The lowest BCUT2D eigenvalue weighted by atomic mass is 10.0. The zero-order chi connectivity index (χ0) is 21.7. The number of anilines is 1. The van der Waals surface area contributed by atoms with Gasteiger partial charge in [-0.3, -0.25) is 4.55 Å². The third-order valence-electron chi connectivity index (χ3n) is 5.55. The van der Waals surface area contributed by atoms with E-state index in [2.05, 4.69) is 53.7 Å². The average molecular weight is 451 g/mol. The van der Waals surface area contributed by atoms with Gasteiger partial charge in [0.15, 0.2) is 5.13 Å². The van der Waals surface area contributed by atoms with Crippen LogP contribution in [0.3, 0.4) is 0 Å². The molecule has 0 radical (unpaired) electrons.